The summed E-state index contributed by atoms with van der Waals surface area (Å²) in [5, 5.41) is 12.2. The summed E-state index contributed by atoms with van der Waals surface area (Å²) in [5.74, 6) is -0.385. The first-order chi connectivity index (χ1) is 12.1. The summed E-state index contributed by atoms with van der Waals surface area (Å²) in [6, 6.07) is 9.60. The van der Waals surface area contributed by atoms with E-state index in [0.29, 0.717) is 12.1 Å². The number of aromatic nitrogens is 1. The number of ether oxygens (including phenoxy) is 1. The van der Waals surface area contributed by atoms with Crippen LogP contribution in [0.5, 0.6) is 0 Å². The number of para-hydroxylation sites is 1. The van der Waals surface area contributed by atoms with E-state index in [0.717, 1.165) is 43.4 Å². The smallest absolute Gasteiger partial charge is 0.344 e. The molecular weight excluding hydrogens is 316 g/mol. The topological polar surface area (TPSA) is 65.6 Å². The van der Waals surface area contributed by atoms with Gasteiger partial charge in [0.1, 0.15) is 0 Å². The summed E-state index contributed by atoms with van der Waals surface area (Å²) < 4.78 is 4.94. The lowest BCUT2D eigenvalue weighted by Crippen LogP contribution is -2.43. The van der Waals surface area contributed by atoms with Gasteiger partial charge in [0.05, 0.1) is 12.8 Å². The maximum Gasteiger partial charge on any atom is 0.344 e. The number of esters is 1. The Kier molecular flexibility index (Phi) is 5.25. The van der Waals surface area contributed by atoms with Gasteiger partial charge in [0.25, 0.3) is 0 Å². The molecule has 2 atom stereocenters. The minimum Gasteiger partial charge on any atom is -0.467 e. The van der Waals surface area contributed by atoms with E-state index < -0.39 is 11.6 Å². The predicted molar refractivity (Wildman–Crippen MR) is 98.2 cm³/mol. The number of methoxy groups -OCH3 is 1. The Morgan fingerprint density at radius 2 is 2.32 bits per heavy atom. The Hall–Kier alpha value is -2.11. The largest absolute Gasteiger partial charge is 0.467 e. The van der Waals surface area contributed by atoms with Crippen LogP contribution < -0.4 is 0 Å². The molecule has 0 amide bonds. The highest BCUT2D eigenvalue weighted by molar-refractivity contribution is 5.86. The molecule has 1 fully saturated rings. The Morgan fingerprint density at radius 3 is 3.04 bits per heavy atom. The zero-order valence-electron chi connectivity index (χ0n) is 14.7. The lowest BCUT2D eigenvalue weighted by molar-refractivity contribution is -0.166. The molecule has 3 rings (SSSR count). The number of rotatable bonds is 6. The normalized spacial score (nSPS) is 21.0. The van der Waals surface area contributed by atoms with Gasteiger partial charge in [-0.25, -0.2) is 4.79 Å². The number of hydrogen-bond donors (Lipinski definition) is 2. The lowest BCUT2D eigenvalue weighted by atomic mass is 9.83. The van der Waals surface area contributed by atoms with Crippen LogP contribution in [0.3, 0.4) is 0 Å². The van der Waals surface area contributed by atoms with E-state index in [9.17, 15) is 9.90 Å². The van der Waals surface area contributed by atoms with Gasteiger partial charge >= 0.3 is 5.97 Å². The molecule has 0 spiro atoms. The number of nitrogens with zero attached hydrogens (tertiary/aromatic N) is 1. The zero-order chi connectivity index (χ0) is 17.9. The van der Waals surface area contributed by atoms with Gasteiger partial charge in [0.15, 0.2) is 0 Å². The van der Waals surface area contributed by atoms with Crippen molar-refractivity contribution in [2.24, 2.45) is 5.92 Å². The minimum absolute atomic E-state index is 0.226. The van der Waals surface area contributed by atoms with Crippen LogP contribution in [0.1, 0.15) is 25.0 Å². The molecule has 5 heteroatoms. The molecule has 1 unspecified atom stereocenters. The van der Waals surface area contributed by atoms with Gasteiger partial charge in [-0.1, -0.05) is 24.3 Å². The number of H-pyrrole nitrogens is 1. The van der Waals surface area contributed by atoms with Crippen molar-refractivity contribution in [3.63, 3.8) is 0 Å². The van der Waals surface area contributed by atoms with Crippen LogP contribution in [0.25, 0.3) is 10.9 Å². The van der Waals surface area contributed by atoms with E-state index >= 15 is 0 Å². The van der Waals surface area contributed by atoms with Gasteiger partial charge in [-0.05, 0) is 49.2 Å². The molecule has 0 radical (unpaired) electrons. The fourth-order valence-electron chi connectivity index (χ4n) is 3.85. The molecule has 1 saturated heterocycles. The van der Waals surface area contributed by atoms with E-state index in [4.69, 9.17) is 4.74 Å². The third kappa shape index (κ3) is 3.62. The standard InChI is InChI=1S/C20H26N2O3/c1-3-10-22-11-6-7-15(14-22)13-20(24,19(23)25-2)18-12-16-8-4-5-9-17(16)21-18/h3-5,8-9,12,15,21,24H,1,6-7,10-11,13-14H2,2H3/t15-,20?/m0/s1. The van der Waals surface area contributed by atoms with Crippen molar-refractivity contribution in [1.82, 2.24) is 9.88 Å². The lowest BCUT2D eigenvalue weighted by Gasteiger charge is -2.35. The fourth-order valence-corrected chi connectivity index (χ4v) is 3.85. The monoisotopic (exact) mass is 342 g/mol. The SMILES string of the molecule is C=CCN1CCC[C@@H](CC(O)(C(=O)OC)c2cc3ccccc3[nH]2)C1. The number of fused-ring (bicyclic) bond motifs is 1. The molecule has 25 heavy (non-hydrogen) atoms. The summed E-state index contributed by atoms with van der Waals surface area (Å²) in [5.41, 5.74) is -0.256. The van der Waals surface area contributed by atoms with E-state index in [1.807, 2.05) is 36.4 Å². The molecule has 1 aromatic carbocycles. The number of carbonyl (C=O) groups is 1. The van der Waals surface area contributed by atoms with Crippen LogP contribution in [0.4, 0.5) is 0 Å². The zero-order valence-corrected chi connectivity index (χ0v) is 14.7. The van der Waals surface area contributed by atoms with Crippen LogP contribution in [0.2, 0.25) is 0 Å². The summed E-state index contributed by atoms with van der Waals surface area (Å²) in [6.07, 6.45) is 4.29. The Morgan fingerprint density at radius 1 is 1.52 bits per heavy atom. The minimum atomic E-state index is -1.66. The maximum absolute atomic E-state index is 12.5. The van der Waals surface area contributed by atoms with Crippen molar-refractivity contribution in [1.29, 1.82) is 0 Å². The first-order valence-electron chi connectivity index (χ1n) is 8.79. The van der Waals surface area contributed by atoms with E-state index in [2.05, 4.69) is 16.5 Å². The molecule has 5 nitrogen and oxygen atoms in total. The third-order valence-corrected chi connectivity index (χ3v) is 5.07. The molecule has 1 aliphatic heterocycles. The number of carbonyl (C=O) groups excluding carboxylic acids is 1. The number of nitrogens with one attached hydrogen (secondary N) is 1. The molecular formula is C20H26N2O3. The van der Waals surface area contributed by atoms with Crippen molar-refractivity contribution in [2.45, 2.75) is 24.9 Å². The first kappa shape index (κ1) is 17.7. The molecule has 134 valence electrons. The molecule has 0 aliphatic carbocycles. The molecule has 1 aliphatic rings. The summed E-state index contributed by atoms with van der Waals surface area (Å²) >= 11 is 0. The van der Waals surface area contributed by atoms with Crippen LogP contribution >= 0.6 is 0 Å². The Balaban J connectivity index is 1.88. The van der Waals surface area contributed by atoms with Crippen molar-refractivity contribution in [2.75, 3.05) is 26.7 Å². The van der Waals surface area contributed by atoms with Gasteiger partial charge in [0.2, 0.25) is 5.60 Å². The highest BCUT2D eigenvalue weighted by Gasteiger charge is 2.43. The second kappa shape index (κ2) is 7.42. The van der Waals surface area contributed by atoms with E-state index in [1.54, 1.807) is 0 Å². The van der Waals surface area contributed by atoms with Gasteiger partial charge < -0.3 is 14.8 Å². The van der Waals surface area contributed by atoms with E-state index in [-0.39, 0.29) is 5.92 Å². The Bertz CT molecular complexity index is 721. The average molecular weight is 342 g/mol. The van der Waals surface area contributed by atoms with Gasteiger partial charge in [0, 0.05) is 18.6 Å². The number of likely N-dealkylation sites (tertiary alicyclic amines) is 1. The molecule has 1 aromatic heterocycles. The summed E-state index contributed by atoms with van der Waals surface area (Å²) in [7, 11) is 1.32. The average Bonchev–Trinajstić information content (AvgIpc) is 3.06. The van der Waals surface area contributed by atoms with E-state index in [1.165, 1.54) is 7.11 Å². The number of aromatic amines is 1. The van der Waals surface area contributed by atoms with Crippen molar-refractivity contribution >= 4 is 16.9 Å². The van der Waals surface area contributed by atoms with Crippen LogP contribution in [-0.4, -0.2) is 47.7 Å². The molecule has 2 aromatic rings. The number of piperidine rings is 1. The fraction of sp³-hybridized carbons (Fsp3) is 0.450. The number of benzene rings is 1. The second-order valence-electron chi connectivity index (χ2n) is 6.88. The first-order valence-corrected chi connectivity index (χ1v) is 8.79. The summed E-state index contributed by atoms with van der Waals surface area (Å²) in [6.45, 7) is 6.52. The molecule has 2 N–H and O–H groups in total. The van der Waals surface area contributed by atoms with Crippen molar-refractivity contribution in [3.05, 3.63) is 48.7 Å². The van der Waals surface area contributed by atoms with Crippen molar-refractivity contribution in [3.8, 4) is 0 Å². The molecule has 0 saturated carbocycles. The quantitative estimate of drug-likeness (QED) is 0.626. The number of hydrogen-bond acceptors (Lipinski definition) is 4. The van der Waals surface area contributed by atoms with Crippen LogP contribution in [0.15, 0.2) is 43.0 Å². The second-order valence-corrected chi connectivity index (χ2v) is 6.88. The van der Waals surface area contributed by atoms with Gasteiger partial charge in [-0.3, -0.25) is 4.90 Å². The summed E-state index contributed by atoms with van der Waals surface area (Å²) in [4.78, 5) is 18.0. The third-order valence-electron chi connectivity index (χ3n) is 5.07. The van der Waals surface area contributed by atoms with Crippen LogP contribution in [-0.2, 0) is 15.1 Å². The molecule has 0 bridgehead atoms. The predicted octanol–water partition coefficient (Wildman–Crippen LogP) is 2.82. The number of aliphatic hydroxyl groups is 1. The van der Waals surface area contributed by atoms with Crippen molar-refractivity contribution < 1.29 is 14.6 Å². The van der Waals surface area contributed by atoms with Crippen LogP contribution in [0, 0.1) is 5.92 Å². The van der Waals surface area contributed by atoms with Gasteiger partial charge in [-0.2, -0.15) is 0 Å². The van der Waals surface area contributed by atoms with Gasteiger partial charge in [-0.15, -0.1) is 6.58 Å². The highest BCUT2D eigenvalue weighted by Crippen LogP contribution is 2.35. The molecule has 2 heterocycles. The highest BCUT2D eigenvalue weighted by atomic mass is 16.5. The maximum atomic E-state index is 12.5. The Labute approximate surface area is 148 Å².